The molecule has 0 aliphatic heterocycles. The van der Waals surface area contributed by atoms with Crippen molar-refractivity contribution in [1.29, 1.82) is 0 Å². The second-order valence-electron chi connectivity index (χ2n) is 6.22. The molecule has 1 aromatic carbocycles. The van der Waals surface area contributed by atoms with E-state index >= 15 is 0 Å². The highest BCUT2D eigenvalue weighted by Crippen LogP contribution is 2.28. The lowest BCUT2D eigenvalue weighted by atomic mass is 9.83. The molecule has 2 atom stereocenters. The van der Waals surface area contributed by atoms with Crippen LogP contribution in [0.3, 0.4) is 0 Å². The van der Waals surface area contributed by atoms with Gasteiger partial charge in [-0.2, -0.15) is 0 Å². The van der Waals surface area contributed by atoms with Gasteiger partial charge in [0, 0.05) is 6.54 Å². The van der Waals surface area contributed by atoms with Crippen LogP contribution < -0.4 is 5.73 Å². The van der Waals surface area contributed by atoms with Gasteiger partial charge in [-0.1, -0.05) is 19.4 Å². The van der Waals surface area contributed by atoms with E-state index in [1.807, 2.05) is 0 Å². The van der Waals surface area contributed by atoms with Gasteiger partial charge in [0.25, 0.3) is 0 Å². The summed E-state index contributed by atoms with van der Waals surface area (Å²) in [6.07, 6.45) is 2.59. The number of hydrogen-bond acceptors (Lipinski definition) is 2. The second-order valence-corrected chi connectivity index (χ2v) is 6.22. The van der Waals surface area contributed by atoms with Crippen molar-refractivity contribution in [2.45, 2.75) is 53.9 Å². The van der Waals surface area contributed by atoms with Crippen molar-refractivity contribution in [3.8, 4) is 0 Å². The summed E-state index contributed by atoms with van der Waals surface area (Å²) in [5.74, 6) is -0.834. The number of aryl methyl sites for hydroxylation is 2. The van der Waals surface area contributed by atoms with E-state index in [2.05, 4.69) is 40.7 Å². The van der Waals surface area contributed by atoms with Gasteiger partial charge in [0.05, 0.1) is 5.92 Å². The Morgan fingerprint density at radius 2 is 1.71 bits per heavy atom. The number of nitrogens with two attached hydrogens (primary N) is 1. The van der Waals surface area contributed by atoms with Gasteiger partial charge in [-0.25, -0.2) is 0 Å². The first-order valence-corrected chi connectivity index (χ1v) is 7.80. The Morgan fingerprint density at radius 3 is 2.10 bits per heavy atom. The minimum Gasteiger partial charge on any atom is -0.481 e. The number of rotatable bonds is 7. The third-order valence-electron chi connectivity index (χ3n) is 4.84. The summed E-state index contributed by atoms with van der Waals surface area (Å²) in [5.41, 5.74) is 12.3. The van der Waals surface area contributed by atoms with Crippen LogP contribution in [-0.4, -0.2) is 17.6 Å². The Morgan fingerprint density at radius 1 is 1.19 bits per heavy atom. The Kier molecular flexibility index (Phi) is 6.41. The summed E-state index contributed by atoms with van der Waals surface area (Å²) in [7, 11) is 0. The number of carbonyl (C=O) groups is 1. The number of aliphatic carboxylic acids is 1. The Balaban J connectivity index is 2.99. The monoisotopic (exact) mass is 291 g/mol. The zero-order valence-electron chi connectivity index (χ0n) is 14.0. The summed E-state index contributed by atoms with van der Waals surface area (Å²) < 4.78 is 0. The Hall–Kier alpha value is -1.35. The molecule has 3 heteroatoms. The fraction of sp³-hybridized carbons (Fsp3) is 0.611. The molecule has 2 unspecified atom stereocenters. The maximum atomic E-state index is 11.2. The molecular weight excluding hydrogens is 262 g/mol. The van der Waals surface area contributed by atoms with Crippen LogP contribution in [0.2, 0.25) is 0 Å². The van der Waals surface area contributed by atoms with Crippen LogP contribution >= 0.6 is 0 Å². The second kappa shape index (κ2) is 7.60. The SMILES string of the molecule is CCC(Cc1c(C)c(C)cc(C)c1C)CC(CN)C(=O)O. The van der Waals surface area contributed by atoms with Crippen LogP contribution in [0.1, 0.15) is 47.6 Å². The van der Waals surface area contributed by atoms with Gasteiger partial charge in [0.1, 0.15) is 0 Å². The molecule has 0 bridgehead atoms. The van der Waals surface area contributed by atoms with Crippen molar-refractivity contribution < 1.29 is 9.90 Å². The molecule has 0 amide bonds. The van der Waals surface area contributed by atoms with Gasteiger partial charge in [0.2, 0.25) is 0 Å². The number of hydrogen-bond donors (Lipinski definition) is 2. The van der Waals surface area contributed by atoms with Crippen LogP contribution in [0.5, 0.6) is 0 Å². The maximum Gasteiger partial charge on any atom is 0.307 e. The predicted molar refractivity (Wildman–Crippen MR) is 87.7 cm³/mol. The molecule has 0 saturated heterocycles. The normalized spacial score (nSPS) is 14.0. The highest BCUT2D eigenvalue weighted by Gasteiger charge is 2.22. The molecule has 0 fully saturated rings. The molecule has 118 valence electrons. The molecule has 3 N–H and O–H groups in total. The summed E-state index contributed by atoms with van der Waals surface area (Å²) in [5, 5.41) is 9.20. The fourth-order valence-corrected chi connectivity index (χ4v) is 2.99. The van der Waals surface area contributed by atoms with E-state index in [4.69, 9.17) is 5.73 Å². The van der Waals surface area contributed by atoms with Crippen molar-refractivity contribution in [3.63, 3.8) is 0 Å². The molecule has 1 aromatic rings. The lowest BCUT2D eigenvalue weighted by molar-refractivity contribution is -0.142. The molecule has 1 rings (SSSR count). The minimum atomic E-state index is -0.773. The standard InChI is InChI=1S/C18H29NO2/c1-6-15(8-16(10-19)18(20)21)9-17-13(4)11(2)7-12(3)14(17)5/h7,15-16H,6,8-10,19H2,1-5H3,(H,20,21). The van der Waals surface area contributed by atoms with Gasteiger partial charge in [-0.3, -0.25) is 4.79 Å². The molecule has 0 aromatic heterocycles. The fourth-order valence-electron chi connectivity index (χ4n) is 2.99. The smallest absolute Gasteiger partial charge is 0.307 e. The highest BCUT2D eigenvalue weighted by molar-refractivity contribution is 5.70. The van der Waals surface area contributed by atoms with Crippen LogP contribution in [0.15, 0.2) is 6.07 Å². The zero-order valence-corrected chi connectivity index (χ0v) is 14.0. The first kappa shape index (κ1) is 17.7. The first-order chi connectivity index (χ1) is 9.81. The third-order valence-corrected chi connectivity index (χ3v) is 4.84. The Bertz CT molecular complexity index is 482. The summed E-state index contributed by atoms with van der Waals surface area (Å²) in [6, 6.07) is 2.23. The molecular formula is C18H29NO2. The molecule has 0 aliphatic rings. The van der Waals surface area contributed by atoms with Crippen LogP contribution in [0.4, 0.5) is 0 Å². The van der Waals surface area contributed by atoms with Crippen molar-refractivity contribution >= 4 is 5.97 Å². The van der Waals surface area contributed by atoms with E-state index in [-0.39, 0.29) is 6.54 Å². The maximum absolute atomic E-state index is 11.2. The van der Waals surface area contributed by atoms with E-state index in [9.17, 15) is 9.90 Å². The zero-order chi connectivity index (χ0) is 16.2. The molecule has 0 heterocycles. The summed E-state index contributed by atoms with van der Waals surface area (Å²) in [6.45, 7) is 11.0. The van der Waals surface area contributed by atoms with Gasteiger partial charge in [-0.05, 0) is 74.3 Å². The highest BCUT2D eigenvalue weighted by atomic mass is 16.4. The molecule has 21 heavy (non-hydrogen) atoms. The van der Waals surface area contributed by atoms with Gasteiger partial charge >= 0.3 is 5.97 Å². The molecule has 0 radical (unpaired) electrons. The lowest BCUT2D eigenvalue weighted by Gasteiger charge is -2.22. The van der Waals surface area contributed by atoms with Gasteiger partial charge < -0.3 is 10.8 Å². The molecule has 0 saturated carbocycles. The van der Waals surface area contributed by atoms with Gasteiger partial charge in [-0.15, -0.1) is 0 Å². The van der Waals surface area contributed by atoms with Crippen LogP contribution in [0.25, 0.3) is 0 Å². The lowest BCUT2D eigenvalue weighted by Crippen LogP contribution is -2.26. The largest absolute Gasteiger partial charge is 0.481 e. The number of carboxylic acid groups (broad SMARTS) is 1. The first-order valence-electron chi connectivity index (χ1n) is 7.80. The average molecular weight is 291 g/mol. The topological polar surface area (TPSA) is 63.3 Å². The van der Waals surface area contributed by atoms with Crippen LogP contribution in [-0.2, 0) is 11.2 Å². The van der Waals surface area contributed by atoms with E-state index in [0.717, 1.165) is 12.8 Å². The van der Waals surface area contributed by atoms with Crippen molar-refractivity contribution in [2.24, 2.45) is 17.6 Å². The third kappa shape index (κ3) is 4.31. The van der Waals surface area contributed by atoms with E-state index in [1.54, 1.807) is 0 Å². The summed E-state index contributed by atoms with van der Waals surface area (Å²) >= 11 is 0. The van der Waals surface area contributed by atoms with E-state index in [1.165, 1.54) is 27.8 Å². The Labute approximate surface area is 128 Å². The van der Waals surface area contributed by atoms with Gasteiger partial charge in [0.15, 0.2) is 0 Å². The quantitative estimate of drug-likeness (QED) is 0.807. The number of benzene rings is 1. The predicted octanol–water partition coefficient (Wildman–Crippen LogP) is 3.54. The average Bonchev–Trinajstić information content (AvgIpc) is 2.44. The minimum absolute atomic E-state index is 0.219. The van der Waals surface area contributed by atoms with Crippen molar-refractivity contribution in [2.75, 3.05) is 6.54 Å². The number of carboxylic acids is 1. The molecule has 0 spiro atoms. The molecule has 3 nitrogen and oxygen atoms in total. The molecule has 0 aliphatic carbocycles. The van der Waals surface area contributed by atoms with Crippen molar-refractivity contribution in [3.05, 3.63) is 33.9 Å². The summed E-state index contributed by atoms with van der Waals surface area (Å²) in [4.78, 5) is 11.2. The van der Waals surface area contributed by atoms with E-state index < -0.39 is 11.9 Å². The van der Waals surface area contributed by atoms with Crippen LogP contribution in [0, 0.1) is 39.5 Å². The van der Waals surface area contributed by atoms with E-state index in [0.29, 0.717) is 12.3 Å². The van der Waals surface area contributed by atoms with Crippen molar-refractivity contribution in [1.82, 2.24) is 0 Å².